The van der Waals surface area contributed by atoms with Crippen LogP contribution in [0.5, 0.6) is 0 Å². The molecule has 0 spiro atoms. The van der Waals surface area contributed by atoms with Gasteiger partial charge in [0.05, 0.1) is 0 Å². The number of nitrogens with one attached hydrogen (secondary N) is 1. The zero-order valence-electron chi connectivity index (χ0n) is 10.4. The molecule has 17 heavy (non-hydrogen) atoms. The van der Waals surface area contributed by atoms with Crippen LogP contribution in [-0.4, -0.2) is 32.1 Å². The molecule has 1 aliphatic rings. The first-order valence-corrected chi connectivity index (χ1v) is 7.40. The average Bonchev–Trinajstić information content (AvgIpc) is 2.77. The molecule has 0 bridgehead atoms. The predicted octanol–water partition coefficient (Wildman–Crippen LogP) is 2.89. The maximum absolute atomic E-state index is 5.32. The molecule has 3 heteroatoms. The van der Waals surface area contributed by atoms with Gasteiger partial charge < -0.3 is 10.1 Å². The van der Waals surface area contributed by atoms with Gasteiger partial charge in [0.2, 0.25) is 0 Å². The van der Waals surface area contributed by atoms with Crippen LogP contribution in [0.4, 0.5) is 0 Å². The zero-order chi connectivity index (χ0) is 11.9. The van der Waals surface area contributed by atoms with E-state index in [0.717, 1.165) is 32.7 Å². The van der Waals surface area contributed by atoms with Crippen molar-refractivity contribution in [3.05, 3.63) is 29.8 Å². The number of hydrogen-bond donors (Lipinski definition) is 1. The van der Waals surface area contributed by atoms with Crippen molar-refractivity contribution in [2.75, 3.05) is 32.1 Å². The molecule has 0 saturated heterocycles. The summed E-state index contributed by atoms with van der Waals surface area (Å²) in [5, 5.41) is 3.53. The second kappa shape index (κ2) is 7.04. The SMILES string of the molecule is CCOCCCNCC1CSc2ccccc21. The minimum absolute atomic E-state index is 0.684. The molecule has 0 fully saturated rings. The third-order valence-corrected chi connectivity index (χ3v) is 4.29. The van der Waals surface area contributed by atoms with E-state index in [2.05, 4.69) is 29.6 Å². The van der Waals surface area contributed by atoms with Gasteiger partial charge in [-0.15, -0.1) is 11.8 Å². The van der Waals surface area contributed by atoms with E-state index >= 15 is 0 Å². The molecule has 0 aromatic heterocycles. The Morgan fingerprint density at radius 3 is 3.18 bits per heavy atom. The van der Waals surface area contributed by atoms with Gasteiger partial charge in [-0.1, -0.05) is 18.2 Å². The van der Waals surface area contributed by atoms with Crippen LogP contribution in [0.3, 0.4) is 0 Å². The van der Waals surface area contributed by atoms with Crippen molar-refractivity contribution in [3.8, 4) is 0 Å². The molecule has 1 aliphatic heterocycles. The van der Waals surface area contributed by atoms with Crippen molar-refractivity contribution in [2.24, 2.45) is 0 Å². The van der Waals surface area contributed by atoms with E-state index < -0.39 is 0 Å². The maximum Gasteiger partial charge on any atom is 0.0477 e. The van der Waals surface area contributed by atoms with Crippen LogP contribution in [0.1, 0.15) is 24.8 Å². The molecule has 1 atom stereocenters. The molecule has 1 heterocycles. The third-order valence-electron chi connectivity index (χ3n) is 3.04. The van der Waals surface area contributed by atoms with Gasteiger partial charge in [0.1, 0.15) is 0 Å². The fraction of sp³-hybridized carbons (Fsp3) is 0.571. The van der Waals surface area contributed by atoms with E-state index in [1.165, 1.54) is 16.2 Å². The number of fused-ring (bicyclic) bond motifs is 1. The van der Waals surface area contributed by atoms with Gasteiger partial charge in [0.25, 0.3) is 0 Å². The Balaban J connectivity index is 1.68. The standard InChI is InChI=1S/C14H21NOS/c1-2-16-9-5-8-15-10-12-11-17-14-7-4-3-6-13(12)14/h3-4,6-7,12,15H,2,5,8-11H2,1H3. The largest absolute Gasteiger partial charge is 0.382 e. The number of rotatable bonds is 7. The number of benzene rings is 1. The minimum Gasteiger partial charge on any atom is -0.382 e. The van der Waals surface area contributed by atoms with Crippen LogP contribution in [-0.2, 0) is 4.74 Å². The van der Waals surface area contributed by atoms with E-state index in [1.54, 1.807) is 0 Å². The number of thioether (sulfide) groups is 1. The molecule has 1 aromatic rings. The van der Waals surface area contributed by atoms with Gasteiger partial charge in [-0.3, -0.25) is 0 Å². The Morgan fingerprint density at radius 2 is 2.29 bits per heavy atom. The quantitative estimate of drug-likeness (QED) is 0.753. The van der Waals surface area contributed by atoms with Crippen LogP contribution in [0.25, 0.3) is 0 Å². The topological polar surface area (TPSA) is 21.3 Å². The van der Waals surface area contributed by atoms with Crippen LogP contribution in [0.15, 0.2) is 29.2 Å². The Bertz CT molecular complexity index is 343. The molecule has 0 aliphatic carbocycles. The summed E-state index contributed by atoms with van der Waals surface area (Å²) in [6.45, 7) is 5.89. The minimum atomic E-state index is 0.684. The van der Waals surface area contributed by atoms with Crippen molar-refractivity contribution in [3.63, 3.8) is 0 Å². The van der Waals surface area contributed by atoms with Gasteiger partial charge in [0.15, 0.2) is 0 Å². The van der Waals surface area contributed by atoms with Crippen LogP contribution in [0.2, 0.25) is 0 Å². The number of ether oxygens (including phenoxy) is 1. The van der Waals surface area contributed by atoms with E-state index in [9.17, 15) is 0 Å². The van der Waals surface area contributed by atoms with Gasteiger partial charge in [-0.05, 0) is 31.5 Å². The molecule has 1 N–H and O–H groups in total. The molecule has 2 rings (SSSR count). The smallest absolute Gasteiger partial charge is 0.0477 e. The molecular formula is C14H21NOS. The van der Waals surface area contributed by atoms with Gasteiger partial charge in [0, 0.05) is 36.3 Å². The first-order chi connectivity index (χ1) is 8.42. The second-order valence-corrected chi connectivity index (χ2v) is 5.36. The molecule has 0 saturated carbocycles. The lowest BCUT2D eigenvalue weighted by Crippen LogP contribution is -2.23. The first kappa shape index (κ1) is 12.9. The normalized spacial score (nSPS) is 18.3. The van der Waals surface area contributed by atoms with Crippen molar-refractivity contribution in [2.45, 2.75) is 24.2 Å². The highest BCUT2D eigenvalue weighted by Crippen LogP contribution is 2.38. The Kier molecular flexibility index (Phi) is 5.36. The fourth-order valence-electron chi connectivity index (χ4n) is 2.12. The molecule has 0 radical (unpaired) electrons. The summed E-state index contributed by atoms with van der Waals surface area (Å²) in [5.74, 6) is 1.90. The Labute approximate surface area is 108 Å². The highest BCUT2D eigenvalue weighted by atomic mass is 32.2. The summed E-state index contributed by atoms with van der Waals surface area (Å²) in [6.07, 6.45) is 1.11. The summed E-state index contributed by atoms with van der Waals surface area (Å²) in [4.78, 5) is 1.47. The Morgan fingerprint density at radius 1 is 1.41 bits per heavy atom. The van der Waals surface area contributed by atoms with Crippen LogP contribution < -0.4 is 5.32 Å². The van der Waals surface area contributed by atoms with Crippen molar-refractivity contribution < 1.29 is 4.74 Å². The molecular weight excluding hydrogens is 230 g/mol. The summed E-state index contributed by atoms with van der Waals surface area (Å²) in [6, 6.07) is 8.77. The van der Waals surface area contributed by atoms with Gasteiger partial charge in [-0.2, -0.15) is 0 Å². The second-order valence-electron chi connectivity index (χ2n) is 4.30. The first-order valence-electron chi connectivity index (χ1n) is 6.42. The highest BCUT2D eigenvalue weighted by molar-refractivity contribution is 7.99. The maximum atomic E-state index is 5.32. The van der Waals surface area contributed by atoms with E-state index in [1.807, 2.05) is 18.7 Å². The lowest BCUT2D eigenvalue weighted by atomic mass is 10.0. The monoisotopic (exact) mass is 251 g/mol. The lowest BCUT2D eigenvalue weighted by molar-refractivity contribution is 0.145. The summed E-state index contributed by atoms with van der Waals surface area (Å²) in [7, 11) is 0. The van der Waals surface area contributed by atoms with Gasteiger partial charge in [-0.25, -0.2) is 0 Å². The fourth-order valence-corrected chi connectivity index (χ4v) is 3.37. The average molecular weight is 251 g/mol. The van der Waals surface area contributed by atoms with E-state index in [0.29, 0.717) is 5.92 Å². The summed E-state index contributed by atoms with van der Waals surface area (Å²) >= 11 is 1.98. The molecule has 1 aromatic carbocycles. The van der Waals surface area contributed by atoms with Crippen LogP contribution >= 0.6 is 11.8 Å². The molecule has 2 nitrogen and oxygen atoms in total. The lowest BCUT2D eigenvalue weighted by Gasteiger charge is -2.11. The Hall–Kier alpha value is -0.510. The van der Waals surface area contributed by atoms with Crippen molar-refractivity contribution in [1.82, 2.24) is 5.32 Å². The van der Waals surface area contributed by atoms with Crippen molar-refractivity contribution >= 4 is 11.8 Å². The summed E-state index contributed by atoms with van der Waals surface area (Å²) in [5.41, 5.74) is 1.52. The molecule has 94 valence electrons. The molecule has 1 unspecified atom stereocenters. The third kappa shape index (κ3) is 3.73. The van der Waals surface area contributed by atoms with E-state index in [-0.39, 0.29) is 0 Å². The van der Waals surface area contributed by atoms with Gasteiger partial charge >= 0.3 is 0 Å². The summed E-state index contributed by atoms with van der Waals surface area (Å²) < 4.78 is 5.32. The van der Waals surface area contributed by atoms with Crippen LogP contribution in [0, 0.1) is 0 Å². The highest BCUT2D eigenvalue weighted by Gasteiger charge is 2.21. The van der Waals surface area contributed by atoms with E-state index in [4.69, 9.17) is 4.74 Å². The number of hydrogen-bond acceptors (Lipinski definition) is 3. The zero-order valence-corrected chi connectivity index (χ0v) is 11.3. The predicted molar refractivity (Wildman–Crippen MR) is 73.9 cm³/mol. The van der Waals surface area contributed by atoms with Crippen molar-refractivity contribution in [1.29, 1.82) is 0 Å². The molecule has 0 amide bonds.